The molecule has 3 aromatic rings. The van der Waals surface area contributed by atoms with Gasteiger partial charge in [0.05, 0.1) is 24.6 Å². The lowest BCUT2D eigenvalue weighted by molar-refractivity contribution is 0.0332. The number of hydrogen-bond donors (Lipinski definition) is 2. The minimum Gasteiger partial charge on any atom is -0.454 e. The fourth-order valence-corrected chi connectivity index (χ4v) is 3.47. The average Bonchev–Trinajstić information content (AvgIpc) is 3.57. The number of ether oxygens (including phenoxy) is 3. The van der Waals surface area contributed by atoms with Gasteiger partial charge in [0.2, 0.25) is 18.4 Å². The van der Waals surface area contributed by atoms with E-state index in [1.165, 1.54) is 4.68 Å². The first kappa shape index (κ1) is 20.8. The number of morpholine rings is 1. The summed E-state index contributed by atoms with van der Waals surface area (Å²) in [6.07, 6.45) is 0. The molecule has 2 aromatic heterocycles. The van der Waals surface area contributed by atoms with Crippen LogP contribution >= 0.6 is 0 Å². The smallest absolute Gasteiger partial charge is 0.293 e. The Balaban J connectivity index is 1.39. The molecule has 0 radical (unpaired) electrons. The number of hydrogen-bond acceptors (Lipinski definition) is 12. The summed E-state index contributed by atoms with van der Waals surface area (Å²) in [7, 11) is 0. The van der Waals surface area contributed by atoms with Crippen molar-refractivity contribution in [2.75, 3.05) is 38.8 Å². The molecule has 3 N–H and O–H groups in total. The lowest BCUT2D eigenvalue weighted by Crippen LogP contribution is -2.37. The number of benzene rings is 1. The van der Waals surface area contributed by atoms with Crippen LogP contribution in [0, 0.1) is 0 Å². The monoisotopic (exact) mass is 455 g/mol. The molecule has 0 spiro atoms. The number of rotatable bonds is 6. The number of carbonyl (C=O) groups excluding carboxylic acids is 1. The van der Waals surface area contributed by atoms with Gasteiger partial charge >= 0.3 is 0 Å². The first-order valence-corrected chi connectivity index (χ1v) is 10.2. The molecular formula is C19H21N9O5. The van der Waals surface area contributed by atoms with Gasteiger partial charge in [-0.1, -0.05) is 5.21 Å². The second kappa shape index (κ2) is 8.84. The van der Waals surface area contributed by atoms with Crippen molar-refractivity contribution in [3.8, 4) is 17.3 Å². The maximum Gasteiger partial charge on any atom is 0.293 e. The first-order valence-electron chi connectivity index (χ1n) is 10.2. The third-order valence-corrected chi connectivity index (χ3v) is 5.27. The van der Waals surface area contributed by atoms with Crippen LogP contribution in [0.2, 0.25) is 0 Å². The van der Waals surface area contributed by atoms with Crippen LogP contribution in [0.25, 0.3) is 5.82 Å². The highest BCUT2D eigenvalue weighted by Crippen LogP contribution is 2.32. The highest BCUT2D eigenvalue weighted by Gasteiger charge is 2.26. The Morgan fingerprint density at radius 3 is 2.82 bits per heavy atom. The molecule has 2 aliphatic heterocycles. The van der Waals surface area contributed by atoms with E-state index in [9.17, 15) is 4.79 Å². The van der Waals surface area contributed by atoms with Crippen molar-refractivity contribution in [2.45, 2.75) is 13.5 Å². The number of hydrazone groups is 1. The van der Waals surface area contributed by atoms with E-state index in [4.69, 9.17) is 19.9 Å². The minimum absolute atomic E-state index is 0.0340. The molecule has 0 unspecified atom stereocenters. The van der Waals surface area contributed by atoms with Gasteiger partial charge in [0, 0.05) is 25.2 Å². The molecule has 4 heterocycles. The van der Waals surface area contributed by atoms with E-state index >= 15 is 0 Å². The zero-order valence-electron chi connectivity index (χ0n) is 17.7. The Morgan fingerprint density at radius 1 is 1.21 bits per heavy atom. The minimum atomic E-state index is -0.528. The topological polar surface area (TPSA) is 168 Å². The van der Waals surface area contributed by atoms with Crippen LogP contribution in [0.1, 0.15) is 28.7 Å². The molecule has 1 saturated heterocycles. The lowest BCUT2D eigenvalue weighted by atomic mass is 10.1. The Labute approximate surface area is 187 Å². The molecule has 2 aliphatic rings. The molecule has 5 rings (SSSR count). The SMILES string of the molecule is C/C(=N/NC(=O)c1nnn(-c2nonc2N)c1CN1CCOCC1)c1ccc2c(c1)OCO2. The number of nitrogens with one attached hydrogen (secondary N) is 1. The van der Waals surface area contributed by atoms with E-state index < -0.39 is 5.91 Å². The standard InChI is InChI=1S/C19H21N9O5/c1-11(12-2-3-14-15(8-12)32-10-31-14)21-23-19(29)16-13(9-27-4-6-30-7-5-27)28(26-22-16)18-17(20)24-33-25-18/h2-3,8H,4-7,9-10H2,1H3,(H2,20,24)(H,23,29)/b21-11-. The van der Waals surface area contributed by atoms with Gasteiger partial charge in [0.15, 0.2) is 17.2 Å². The van der Waals surface area contributed by atoms with Gasteiger partial charge in [-0.05, 0) is 35.4 Å². The number of aromatic nitrogens is 5. The van der Waals surface area contributed by atoms with Gasteiger partial charge in [-0.3, -0.25) is 9.69 Å². The van der Waals surface area contributed by atoms with Gasteiger partial charge in [-0.2, -0.15) is 9.78 Å². The van der Waals surface area contributed by atoms with Gasteiger partial charge in [0.1, 0.15) is 0 Å². The number of nitrogens with two attached hydrogens (primary N) is 1. The molecule has 1 fully saturated rings. The third-order valence-electron chi connectivity index (χ3n) is 5.27. The number of amides is 1. The largest absolute Gasteiger partial charge is 0.454 e. The van der Waals surface area contributed by atoms with Gasteiger partial charge in [0.25, 0.3) is 5.91 Å². The van der Waals surface area contributed by atoms with Gasteiger partial charge in [-0.15, -0.1) is 5.10 Å². The van der Waals surface area contributed by atoms with Crippen LogP contribution in [-0.4, -0.2) is 74.9 Å². The Morgan fingerprint density at radius 2 is 2.03 bits per heavy atom. The number of anilines is 1. The predicted octanol–water partition coefficient (Wildman–Crippen LogP) is -0.0526. The molecule has 14 heteroatoms. The molecule has 0 saturated carbocycles. The van der Waals surface area contributed by atoms with E-state index in [0.717, 1.165) is 5.56 Å². The summed E-state index contributed by atoms with van der Waals surface area (Å²) >= 11 is 0. The molecule has 172 valence electrons. The summed E-state index contributed by atoms with van der Waals surface area (Å²) in [6.45, 7) is 4.89. The summed E-state index contributed by atoms with van der Waals surface area (Å²) in [5.74, 6) is 0.959. The second-order valence-corrected chi connectivity index (χ2v) is 7.36. The van der Waals surface area contributed by atoms with Crippen molar-refractivity contribution in [1.82, 2.24) is 35.6 Å². The van der Waals surface area contributed by atoms with Crippen LogP contribution in [0.4, 0.5) is 5.82 Å². The first-order chi connectivity index (χ1) is 16.1. The summed E-state index contributed by atoms with van der Waals surface area (Å²) in [5.41, 5.74) is 10.3. The Hall–Kier alpha value is -4.04. The maximum absolute atomic E-state index is 13.0. The summed E-state index contributed by atoms with van der Waals surface area (Å²) in [5, 5.41) is 19.7. The van der Waals surface area contributed by atoms with E-state index in [-0.39, 0.29) is 24.1 Å². The molecule has 0 atom stereocenters. The number of carbonyl (C=O) groups is 1. The molecule has 0 bridgehead atoms. The van der Waals surface area contributed by atoms with E-state index in [1.54, 1.807) is 19.1 Å². The lowest BCUT2D eigenvalue weighted by Gasteiger charge is -2.26. The van der Waals surface area contributed by atoms with Crippen molar-refractivity contribution in [3.63, 3.8) is 0 Å². The van der Waals surface area contributed by atoms with Crippen LogP contribution < -0.4 is 20.6 Å². The maximum atomic E-state index is 13.0. The van der Waals surface area contributed by atoms with Crippen molar-refractivity contribution < 1.29 is 23.6 Å². The van der Waals surface area contributed by atoms with Crippen molar-refractivity contribution in [3.05, 3.63) is 35.2 Å². The number of fused-ring (bicyclic) bond motifs is 1. The molecule has 33 heavy (non-hydrogen) atoms. The van der Waals surface area contributed by atoms with Gasteiger partial charge in [-0.25, -0.2) is 10.1 Å². The quantitative estimate of drug-likeness (QED) is 0.377. The average molecular weight is 455 g/mol. The fraction of sp³-hybridized carbons (Fsp3) is 0.368. The Bertz CT molecular complexity index is 1200. The van der Waals surface area contributed by atoms with Crippen molar-refractivity contribution >= 4 is 17.4 Å². The van der Waals surface area contributed by atoms with E-state index in [2.05, 4.69) is 40.7 Å². The van der Waals surface area contributed by atoms with Crippen LogP contribution in [0.5, 0.6) is 11.5 Å². The van der Waals surface area contributed by atoms with Crippen molar-refractivity contribution in [2.24, 2.45) is 5.10 Å². The van der Waals surface area contributed by atoms with Crippen LogP contribution in [0.15, 0.2) is 27.9 Å². The summed E-state index contributed by atoms with van der Waals surface area (Å²) < 4.78 is 22.2. The highest BCUT2D eigenvalue weighted by atomic mass is 16.7. The Kier molecular flexibility index (Phi) is 5.58. The molecule has 14 nitrogen and oxygen atoms in total. The summed E-state index contributed by atoms with van der Waals surface area (Å²) in [6, 6.07) is 5.42. The zero-order chi connectivity index (χ0) is 22.8. The molecule has 0 aliphatic carbocycles. The second-order valence-electron chi connectivity index (χ2n) is 7.36. The normalized spacial score (nSPS) is 16.2. The predicted molar refractivity (Wildman–Crippen MR) is 112 cm³/mol. The number of nitrogen functional groups attached to an aromatic ring is 1. The van der Waals surface area contributed by atoms with E-state index in [1.807, 2.05) is 6.07 Å². The zero-order valence-corrected chi connectivity index (χ0v) is 17.7. The van der Waals surface area contributed by atoms with Crippen molar-refractivity contribution in [1.29, 1.82) is 0 Å². The molecule has 1 aromatic carbocycles. The number of nitrogens with zero attached hydrogens (tertiary/aromatic N) is 7. The molecule has 1 amide bonds. The van der Waals surface area contributed by atoms with E-state index in [0.29, 0.717) is 55.8 Å². The third kappa shape index (κ3) is 4.20. The fourth-order valence-electron chi connectivity index (χ4n) is 3.47. The molecular weight excluding hydrogens is 434 g/mol. The van der Waals surface area contributed by atoms with Gasteiger partial charge < -0.3 is 19.9 Å². The summed E-state index contributed by atoms with van der Waals surface area (Å²) in [4.78, 5) is 15.1. The van der Waals surface area contributed by atoms with Crippen LogP contribution in [-0.2, 0) is 11.3 Å². The highest BCUT2D eigenvalue weighted by molar-refractivity contribution is 6.01. The van der Waals surface area contributed by atoms with Crippen LogP contribution in [0.3, 0.4) is 0 Å².